The number of aryl methyl sites for hydroxylation is 3. The summed E-state index contributed by atoms with van der Waals surface area (Å²) in [5.74, 6) is 0. The van der Waals surface area contributed by atoms with E-state index >= 15 is 0 Å². The van der Waals surface area contributed by atoms with E-state index in [0.717, 1.165) is 25.7 Å². The van der Waals surface area contributed by atoms with Crippen molar-refractivity contribution in [3.8, 4) is 33.4 Å². The third kappa shape index (κ3) is 14.7. The first-order valence-corrected chi connectivity index (χ1v) is 38.6. The highest BCUT2D eigenvalue weighted by molar-refractivity contribution is 5.73. The summed E-state index contributed by atoms with van der Waals surface area (Å²) in [6.45, 7) is 32.6. The van der Waals surface area contributed by atoms with Crippen LogP contribution in [-0.4, -0.2) is 14.1 Å². The molecule has 0 aromatic heterocycles. The molecule has 0 spiro atoms. The smallest absolute Gasteiger partial charge is 0.0451 e. The molecule has 0 amide bonds. The first-order chi connectivity index (χ1) is 50.8. The molecular formula is C104H108N2. The molecule has 0 aliphatic heterocycles. The SMILES string of the molecule is CCCC(c1ccc(C(C)(C)c2ccc(-c3ccc(C)cc3)cc2)cc1)(c1ccc(C(C)(C)c2ccc(C(C)(C)c3ccc(-c4ccc(N(C)c5ccc(CC)cc5)cc4)cc3)cc2)cc1)c1ccc(C(C)(C)c2ccc(C(C)(C)c3ccc(-c4ccc(N(C)c5ccc(CC)cc5)cc4)cc3)cc2)cc1. The van der Waals surface area contributed by atoms with Crippen molar-refractivity contribution < 1.29 is 0 Å². The summed E-state index contributed by atoms with van der Waals surface area (Å²) in [5.41, 5.74) is 31.4. The Morgan fingerprint density at radius 1 is 0.208 bits per heavy atom. The second-order valence-corrected chi connectivity index (χ2v) is 32.5. The molecule has 0 aliphatic rings. The topological polar surface area (TPSA) is 6.48 Å². The fraction of sp³-hybridized carbons (Fsp3) is 0.250. The van der Waals surface area contributed by atoms with Gasteiger partial charge in [0, 0.05) is 69.3 Å². The molecule has 0 unspecified atom stereocenters. The normalized spacial score (nSPS) is 12.3. The molecule has 0 radical (unpaired) electrons. The van der Waals surface area contributed by atoms with Gasteiger partial charge in [-0.05, 0) is 192 Å². The Bertz CT molecular complexity index is 4800. The Morgan fingerprint density at radius 2 is 0.368 bits per heavy atom. The van der Waals surface area contributed by atoms with Gasteiger partial charge in [-0.15, -0.1) is 0 Å². The summed E-state index contributed by atoms with van der Waals surface area (Å²) >= 11 is 0. The largest absolute Gasteiger partial charge is 0.345 e. The van der Waals surface area contributed by atoms with E-state index < -0.39 is 5.41 Å². The van der Waals surface area contributed by atoms with Crippen LogP contribution in [0.1, 0.15) is 192 Å². The van der Waals surface area contributed by atoms with E-state index in [1.807, 2.05) is 0 Å². The fourth-order valence-electron chi connectivity index (χ4n) is 16.2. The Kier molecular flexibility index (Phi) is 21.0. The van der Waals surface area contributed by atoms with Crippen LogP contribution >= 0.6 is 0 Å². The lowest BCUT2D eigenvalue weighted by Gasteiger charge is -2.38. The van der Waals surface area contributed by atoms with Crippen LogP contribution < -0.4 is 9.80 Å². The zero-order valence-corrected chi connectivity index (χ0v) is 65.7. The van der Waals surface area contributed by atoms with Gasteiger partial charge in [0.2, 0.25) is 0 Å². The van der Waals surface area contributed by atoms with E-state index in [-0.39, 0.29) is 27.1 Å². The first kappa shape index (κ1) is 73.8. The van der Waals surface area contributed by atoms with Gasteiger partial charge in [-0.25, -0.2) is 0 Å². The van der Waals surface area contributed by atoms with Gasteiger partial charge < -0.3 is 9.80 Å². The first-order valence-electron chi connectivity index (χ1n) is 38.6. The summed E-state index contributed by atoms with van der Waals surface area (Å²) in [5, 5.41) is 0. The highest BCUT2D eigenvalue weighted by Crippen LogP contribution is 2.48. The highest BCUT2D eigenvalue weighted by atomic mass is 15.1. The Morgan fingerprint density at radius 3 is 0.557 bits per heavy atom. The predicted octanol–water partition coefficient (Wildman–Crippen LogP) is 27.4. The standard InChI is InChI=1S/C104H108N2/c1-17-72-104(92-58-52-89(53-59-92)101(9,10)84-38-28-77(29-39-84)76-26-20-73(4)21-27-76,93-60-54-90(55-61-93)102(11,12)87-48-44-85(45-49-87)99(5,6)82-40-30-78(31-41-82)80-34-68-97(69-35-80)105(15)95-64-22-74(18-2)23-65-95)94-62-56-91(57-63-94)103(13,14)88-50-46-86(47-51-88)100(7,8)83-42-32-79(33-43-83)81-36-70-98(71-37-81)106(16)96-66-24-75(19-3)25-67-96/h20-71H,17-19,72H2,1-16H3. The van der Waals surface area contributed by atoms with E-state index in [4.69, 9.17) is 0 Å². The van der Waals surface area contributed by atoms with Crippen LogP contribution in [-0.2, 0) is 45.3 Å². The summed E-state index contributed by atoms with van der Waals surface area (Å²) in [6, 6.07) is 120. The lowest BCUT2D eigenvalue weighted by molar-refractivity contribution is 0.546. The number of rotatable bonds is 24. The second kappa shape index (κ2) is 30.1. The van der Waals surface area contributed by atoms with Crippen LogP contribution in [0.4, 0.5) is 22.7 Å². The average molecular weight is 1390 g/mol. The van der Waals surface area contributed by atoms with Crippen molar-refractivity contribution >= 4 is 22.7 Å². The number of anilines is 4. The van der Waals surface area contributed by atoms with Crippen LogP contribution in [0.15, 0.2) is 315 Å². The monoisotopic (exact) mass is 1380 g/mol. The second-order valence-electron chi connectivity index (χ2n) is 32.5. The molecule has 0 N–H and O–H groups in total. The molecule has 0 saturated heterocycles. The fourth-order valence-corrected chi connectivity index (χ4v) is 16.2. The van der Waals surface area contributed by atoms with Crippen molar-refractivity contribution in [1.29, 1.82) is 0 Å². The van der Waals surface area contributed by atoms with E-state index in [1.54, 1.807) is 0 Å². The molecule has 0 saturated carbocycles. The number of hydrogen-bond acceptors (Lipinski definition) is 2. The van der Waals surface area contributed by atoms with Gasteiger partial charge in [-0.1, -0.05) is 369 Å². The van der Waals surface area contributed by atoms with Gasteiger partial charge in [-0.3, -0.25) is 0 Å². The molecule has 2 heteroatoms. The maximum atomic E-state index is 2.45. The number of hydrogen-bond donors (Lipinski definition) is 0. The molecule has 106 heavy (non-hydrogen) atoms. The maximum absolute atomic E-state index is 2.45. The van der Waals surface area contributed by atoms with Crippen LogP contribution in [0.2, 0.25) is 0 Å². The van der Waals surface area contributed by atoms with Crippen molar-refractivity contribution in [2.45, 2.75) is 155 Å². The van der Waals surface area contributed by atoms with Gasteiger partial charge in [0.1, 0.15) is 0 Å². The number of benzene rings is 13. The molecule has 13 aromatic rings. The van der Waals surface area contributed by atoms with Crippen molar-refractivity contribution in [2.75, 3.05) is 23.9 Å². The van der Waals surface area contributed by atoms with E-state index in [1.165, 1.54) is 145 Å². The molecule has 13 rings (SSSR count). The summed E-state index contributed by atoms with van der Waals surface area (Å²) < 4.78 is 0. The number of nitrogens with zero attached hydrogens (tertiary/aromatic N) is 2. The quantitative estimate of drug-likeness (QED) is 0.0557. The van der Waals surface area contributed by atoms with Gasteiger partial charge >= 0.3 is 0 Å². The summed E-state index contributed by atoms with van der Waals surface area (Å²) in [4.78, 5) is 4.50. The Labute approximate surface area is 635 Å². The van der Waals surface area contributed by atoms with Crippen molar-refractivity contribution in [1.82, 2.24) is 0 Å². The van der Waals surface area contributed by atoms with Crippen LogP contribution in [0.5, 0.6) is 0 Å². The van der Waals surface area contributed by atoms with E-state index in [9.17, 15) is 0 Å². The zero-order valence-electron chi connectivity index (χ0n) is 65.7. The zero-order chi connectivity index (χ0) is 74.8. The Balaban J connectivity index is 0.752. The van der Waals surface area contributed by atoms with Crippen molar-refractivity contribution in [3.05, 3.63) is 404 Å². The van der Waals surface area contributed by atoms with E-state index in [2.05, 4.69) is 436 Å². The molecule has 0 bridgehead atoms. The van der Waals surface area contributed by atoms with E-state index in [0.29, 0.717) is 0 Å². The van der Waals surface area contributed by atoms with Gasteiger partial charge in [-0.2, -0.15) is 0 Å². The lowest BCUT2D eigenvalue weighted by atomic mass is 9.65. The molecule has 0 heterocycles. The predicted molar refractivity (Wildman–Crippen MR) is 456 cm³/mol. The third-order valence-corrected chi connectivity index (χ3v) is 24.4. The minimum Gasteiger partial charge on any atom is -0.345 e. The molecule has 13 aromatic carbocycles. The maximum Gasteiger partial charge on any atom is 0.0451 e. The van der Waals surface area contributed by atoms with Crippen molar-refractivity contribution in [3.63, 3.8) is 0 Å². The molecule has 2 nitrogen and oxygen atoms in total. The molecular weight excluding hydrogens is 1280 g/mol. The highest BCUT2D eigenvalue weighted by Gasteiger charge is 2.38. The van der Waals surface area contributed by atoms with Crippen LogP contribution in [0, 0.1) is 6.92 Å². The van der Waals surface area contributed by atoms with Crippen molar-refractivity contribution in [2.24, 2.45) is 0 Å². The van der Waals surface area contributed by atoms with Crippen LogP contribution in [0.25, 0.3) is 33.4 Å². The molecule has 0 atom stereocenters. The van der Waals surface area contributed by atoms with Gasteiger partial charge in [0.15, 0.2) is 0 Å². The molecule has 534 valence electrons. The Hall–Kier alpha value is -10.5. The summed E-state index contributed by atoms with van der Waals surface area (Å²) in [7, 11) is 4.28. The minimum absolute atomic E-state index is 0.199. The molecule has 0 fully saturated rings. The lowest BCUT2D eigenvalue weighted by Crippen LogP contribution is -2.30. The van der Waals surface area contributed by atoms with Gasteiger partial charge in [0.25, 0.3) is 0 Å². The average Bonchev–Trinajstić information content (AvgIpc) is 0.745. The van der Waals surface area contributed by atoms with Gasteiger partial charge in [0.05, 0.1) is 0 Å². The summed E-state index contributed by atoms with van der Waals surface area (Å²) in [6.07, 6.45) is 4.04. The van der Waals surface area contributed by atoms with Crippen LogP contribution in [0.3, 0.4) is 0 Å². The third-order valence-electron chi connectivity index (χ3n) is 24.4. The minimum atomic E-state index is -0.429. The molecule has 0 aliphatic carbocycles.